The molecule has 0 aromatic carbocycles. The molecule has 5 rings (SSSR count). The zero-order valence-electron chi connectivity index (χ0n) is 20.4. The van der Waals surface area contributed by atoms with Gasteiger partial charge >= 0.3 is 5.97 Å². The van der Waals surface area contributed by atoms with Crippen LogP contribution in [0.2, 0.25) is 0 Å². The summed E-state index contributed by atoms with van der Waals surface area (Å²) in [5, 5.41) is 9.78. The van der Waals surface area contributed by atoms with Gasteiger partial charge in [0.2, 0.25) is 0 Å². The van der Waals surface area contributed by atoms with Crippen LogP contribution in [0.15, 0.2) is 42.3 Å². The van der Waals surface area contributed by atoms with Crippen molar-refractivity contribution in [2.75, 3.05) is 0 Å². The standard InChI is InChI=1S/C29H39NO3/c1-4-21(31)17-27(32)33-22-11-13-28(2)20(16-22)7-8-23-25-10-9-24(19-6-5-15-30-18-19)29(25,3)14-12-26(23)28/h5-7,9,15,18,21-23,25-26,31H,4,8,10-14,16-17H2,1-3H3/t21-,22-,23?,25?,26?,28-,29+/m0/s1. The second-order valence-electron chi connectivity index (χ2n) is 11.4. The average Bonchev–Trinajstić information content (AvgIpc) is 3.17. The van der Waals surface area contributed by atoms with E-state index in [1.807, 2.05) is 19.3 Å². The van der Waals surface area contributed by atoms with Gasteiger partial charge in [-0.25, -0.2) is 0 Å². The van der Waals surface area contributed by atoms with Crippen molar-refractivity contribution in [3.63, 3.8) is 0 Å². The Bertz CT molecular complexity index is 953. The molecule has 33 heavy (non-hydrogen) atoms. The van der Waals surface area contributed by atoms with Crippen molar-refractivity contribution in [2.24, 2.45) is 28.6 Å². The van der Waals surface area contributed by atoms with Gasteiger partial charge in [-0.1, -0.05) is 44.6 Å². The number of aromatic nitrogens is 1. The van der Waals surface area contributed by atoms with E-state index in [0.717, 1.165) is 37.5 Å². The summed E-state index contributed by atoms with van der Waals surface area (Å²) in [7, 11) is 0. The average molecular weight is 450 g/mol. The highest BCUT2D eigenvalue weighted by Crippen LogP contribution is 2.66. The fourth-order valence-electron chi connectivity index (χ4n) is 7.84. The van der Waals surface area contributed by atoms with Gasteiger partial charge in [0, 0.05) is 18.8 Å². The van der Waals surface area contributed by atoms with E-state index in [4.69, 9.17) is 4.74 Å². The first kappa shape index (κ1) is 22.8. The van der Waals surface area contributed by atoms with Crippen molar-refractivity contribution in [3.05, 3.63) is 47.8 Å². The normalized spacial score (nSPS) is 38.3. The number of aliphatic hydroxyl groups excluding tert-OH is 1. The summed E-state index contributed by atoms with van der Waals surface area (Å²) in [5.74, 6) is 1.89. The Balaban J connectivity index is 1.31. The number of carbonyl (C=O) groups excluding carboxylic acids is 1. The van der Waals surface area contributed by atoms with Crippen LogP contribution in [-0.2, 0) is 9.53 Å². The third-order valence-electron chi connectivity index (χ3n) is 9.78. The van der Waals surface area contributed by atoms with E-state index >= 15 is 0 Å². The highest BCUT2D eigenvalue weighted by Gasteiger charge is 2.57. The fourth-order valence-corrected chi connectivity index (χ4v) is 7.84. The number of ether oxygens (including phenoxy) is 1. The van der Waals surface area contributed by atoms with Crippen LogP contribution < -0.4 is 0 Å². The van der Waals surface area contributed by atoms with Gasteiger partial charge in [0.25, 0.3) is 0 Å². The molecule has 1 N–H and O–H groups in total. The number of hydrogen-bond acceptors (Lipinski definition) is 4. The van der Waals surface area contributed by atoms with Crippen molar-refractivity contribution in [1.82, 2.24) is 4.98 Å². The molecule has 178 valence electrons. The molecule has 0 amide bonds. The molecule has 1 aromatic rings. The van der Waals surface area contributed by atoms with E-state index in [0.29, 0.717) is 12.3 Å². The van der Waals surface area contributed by atoms with E-state index in [2.05, 4.69) is 43.1 Å². The molecule has 0 aliphatic heterocycles. The number of fused-ring (bicyclic) bond motifs is 5. The summed E-state index contributed by atoms with van der Waals surface area (Å²) in [6.45, 7) is 6.88. The Labute approximate surface area is 198 Å². The minimum atomic E-state index is -0.589. The quantitative estimate of drug-likeness (QED) is 0.435. The molecule has 0 spiro atoms. The molecule has 4 aliphatic rings. The molecule has 1 heterocycles. The second-order valence-corrected chi connectivity index (χ2v) is 11.4. The summed E-state index contributed by atoms with van der Waals surface area (Å²) >= 11 is 0. The monoisotopic (exact) mass is 449 g/mol. The minimum absolute atomic E-state index is 0.0309. The van der Waals surface area contributed by atoms with E-state index < -0.39 is 6.10 Å². The van der Waals surface area contributed by atoms with Gasteiger partial charge in [-0.05, 0) is 90.7 Å². The molecule has 2 saturated carbocycles. The summed E-state index contributed by atoms with van der Waals surface area (Å²) in [6.07, 6.45) is 16.8. The third kappa shape index (κ3) is 3.88. The number of hydrogen-bond donors (Lipinski definition) is 1. The number of esters is 1. The number of pyridine rings is 1. The summed E-state index contributed by atoms with van der Waals surface area (Å²) in [4.78, 5) is 16.6. The summed E-state index contributed by atoms with van der Waals surface area (Å²) < 4.78 is 5.79. The van der Waals surface area contributed by atoms with Crippen molar-refractivity contribution < 1.29 is 14.6 Å². The van der Waals surface area contributed by atoms with Gasteiger partial charge in [-0.2, -0.15) is 0 Å². The van der Waals surface area contributed by atoms with Crippen LogP contribution in [0.4, 0.5) is 0 Å². The fraction of sp³-hybridized carbons (Fsp3) is 0.655. The number of rotatable bonds is 5. The maximum absolute atomic E-state index is 12.2. The van der Waals surface area contributed by atoms with Gasteiger partial charge in [0.05, 0.1) is 12.5 Å². The van der Waals surface area contributed by atoms with Crippen molar-refractivity contribution in [1.29, 1.82) is 0 Å². The highest BCUT2D eigenvalue weighted by atomic mass is 16.5. The first-order valence-corrected chi connectivity index (χ1v) is 13.0. The lowest BCUT2D eigenvalue weighted by atomic mass is 9.47. The van der Waals surface area contributed by atoms with Gasteiger partial charge in [-0.15, -0.1) is 0 Å². The van der Waals surface area contributed by atoms with Crippen LogP contribution >= 0.6 is 0 Å². The molecule has 3 unspecified atom stereocenters. The minimum Gasteiger partial charge on any atom is -0.462 e. The topological polar surface area (TPSA) is 59.4 Å². The number of nitrogens with zero attached hydrogens (tertiary/aromatic N) is 1. The van der Waals surface area contributed by atoms with Crippen molar-refractivity contribution in [3.8, 4) is 0 Å². The second kappa shape index (κ2) is 8.69. The van der Waals surface area contributed by atoms with Crippen LogP contribution in [0, 0.1) is 28.6 Å². The molecule has 0 radical (unpaired) electrons. The molecular weight excluding hydrogens is 410 g/mol. The van der Waals surface area contributed by atoms with Crippen LogP contribution in [-0.4, -0.2) is 28.3 Å². The number of carbonyl (C=O) groups is 1. The number of aliphatic hydroxyl groups is 1. The highest BCUT2D eigenvalue weighted by molar-refractivity contribution is 5.72. The number of allylic oxidation sites excluding steroid dienone is 3. The lowest BCUT2D eigenvalue weighted by Crippen LogP contribution is -2.50. The third-order valence-corrected chi connectivity index (χ3v) is 9.78. The summed E-state index contributed by atoms with van der Waals surface area (Å²) in [6, 6.07) is 4.28. The van der Waals surface area contributed by atoms with E-state index in [9.17, 15) is 9.90 Å². The van der Waals surface area contributed by atoms with Crippen molar-refractivity contribution >= 4 is 11.5 Å². The van der Waals surface area contributed by atoms with Gasteiger partial charge in [0.1, 0.15) is 6.10 Å². The lowest BCUT2D eigenvalue weighted by Gasteiger charge is -2.57. The smallest absolute Gasteiger partial charge is 0.308 e. The van der Waals surface area contributed by atoms with Crippen LogP contribution in [0.25, 0.3) is 5.57 Å². The predicted octanol–water partition coefficient (Wildman–Crippen LogP) is 6.11. The predicted molar refractivity (Wildman–Crippen MR) is 130 cm³/mol. The van der Waals surface area contributed by atoms with Gasteiger partial charge < -0.3 is 9.84 Å². The molecule has 0 bridgehead atoms. The molecule has 4 nitrogen and oxygen atoms in total. The first-order valence-electron chi connectivity index (χ1n) is 13.0. The Morgan fingerprint density at radius 2 is 2.00 bits per heavy atom. The molecule has 4 aliphatic carbocycles. The van der Waals surface area contributed by atoms with Crippen molar-refractivity contribution in [2.45, 2.75) is 90.8 Å². The zero-order valence-corrected chi connectivity index (χ0v) is 20.4. The van der Waals surface area contributed by atoms with Crippen LogP contribution in [0.3, 0.4) is 0 Å². The van der Waals surface area contributed by atoms with E-state index in [-0.39, 0.29) is 29.3 Å². The molecule has 0 saturated heterocycles. The molecule has 7 atom stereocenters. The molecule has 1 aromatic heterocycles. The Hall–Kier alpha value is -1.94. The maximum Gasteiger partial charge on any atom is 0.308 e. The maximum atomic E-state index is 12.2. The lowest BCUT2D eigenvalue weighted by molar-refractivity contribution is -0.153. The van der Waals surface area contributed by atoms with Crippen LogP contribution in [0.5, 0.6) is 0 Å². The summed E-state index contributed by atoms with van der Waals surface area (Å²) in [5.41, 5.74) is 4.82. The van der Waals surface area contributed by atoms with Crippen LogP contribution in [0.1, 0.15) is 84.1 Å². The Morgan fingerprint density at radius 1 is 1.18 bits per heavy atom. The zero-order chi connectivity index (χ0) is 23.2. The first-order chi connectivity index (χ1) is 15.8. The Kier molecular flexibility index (Phi) is 6.01. The SMILES string of the molecule is CC[C@H](O)CC(=O)O[C@H]1CC[C@@]2(C)C(=CCC3C2CC[C@]2(C)C(c4cccnc4)=CCC32)C1. The Morgan fingerprint density at radius 3 is 2.76 bits per heavy atom. The van der Waals surface area contributed by atoms with Gasteiger partial charge in [0.15, 0.2) is 0 Å². The van der Waals surface area contributed by atoms with E-state index in [1.54, 1.807) is 0 Å². The van der Waals surface area contributed by atoms with Gasteiger partial charge in [-0.3, -0.25) is 9.78 Å². The molecule has 4 heteroatoms. The molecular formula is C29H39NO3. The largest absolute Gasteiger partial charge is 0.462 e. The van der Waals surface area contributed by atoms with E-state index in [1.165, 1.54) is 36.0 Å². The molecule has 2 fully saturated rings.